The fraction of sp³-hybridized carbons (Fsp3) is 0.615. The number of carboxylic acids is 1. The van der Waals surface area contributed by atoms with Crippen LogP contribution in [0.5, 0.6) is 0 Å². The number of rotatable bonds is 8. The Morgan fingerprint density at radius 2 is 1.21 bits per heavy atom. The van der Waals surface area contributed by atoms with Crippen LogP contribution >= 0.6 is 0 Å². The minimum absolute atomic E-state index is 0.887. The summed E-state index contributed by atoms with van der Waals surface area (Å²) >= 11 is 0. The summed E-state index contributed by atoms with van der Waals surface area (Å²) in [4.78, 5) is 56.3. The quantitative estimate of drug-likeness (QED) is 0.383. The molecule has 0 unspecified atom stereocenters. The van der Waals surface area contributed by atoms with E-state index in [9.17, 15) is 29.1 Å². The highest BCUT2D eigenvalue weighted by atomic mass is 16.6. The van der Waals surface area contributed by atoms with E-state index in [1.807, 2.05) is 0 Å². The van der Waals surface area contributed by atoms with Gasteiger partial charge < -0.3 is 29.2 Å². The third kappa shape index (κ3) is 6.60. The number of esters is 4. The molecule has 0 aliphatic heterocycles. The van der Waals surface area contributed by atoms with E-state index in [4.69, 9.17) is 9.84 Å². The van der Waals surface area contributed by atoms with Gasteiger partial charge >= 0.3 is 29.8 Å². The number of ether oxygens (including phenoxy) is 4. The van der Waals surface area contributed by atoms with E-state index >= 15 is 0 Å². The number of aliphatic hydroxyl groups excluding tert-OH is 1. The summed E-state index contributed by atoms with van der Waals surface area (Å²) in [5.41, 5.74) is 0. The fourth-order valence-corrected chi connectivity index (χ4v) is 1.69. The molecule has 0 aromatic rings. The van der Waals surface area contributed by atoms with Crippen molar-refractivity contribution in [2.24, 2.45) is 0 Å². The van der Waals surface area contributed by atoms with E-state index in [1.165, 1.54) is 0 Å². The third-order valence-electron chi connectivity index (χ3n) is 2.52. The number of methoxy groups -OCH3 is 1. The molecule has 0 spiro atoms. The Labute approximate surface area is 136 Å². The van der Waals surface area contributed by atoms with Crippen LogP contribution in [0.25, 0.3) is 0 Å². The first kappa shape index (κ1) is 21.3. The first-order valence-corrected chi connectivity index (χ1v) is 6.51. The van der Waals surface area contributed by atoms with E-state index in [0.717, 1.165) is 27.9 Å². The minimum atomic E-state index is -2.19. The summed E-state index contributed by atoms with van der Waals surface area (Å²) in [6.07, 6.45) is -8.32. The van der Waals surface area contributed by atoms with Crippen LogP contribution in [0.4, 0.5) is 0 Å². The molecule has 136 valence electrons. The molecule has 0 rings (SSSR count). The molecule has 2 N–H and O–H groups in total. The van der Waals surface area contributed by atoms with Gasteiger partial charge in [-0.3, -0.25) is 14.4 Å². The molecule has 0 saturated carbocycles. The number of aliphatic hydroxyl groups is 1. The van der Waals surface area contributed by atoms with Crippen LogP contribution in [-0.2, 0) is 42.9 Å². The second-order valence-electron chi connectivity index (χ2n) is 4.48. The van der Waals surface area contributed by atoms with Crippen LogP contribution in [0.15, 0.2) is 0 Å². The van der Waals surface area contributed by atoms with Gasteiger partial charge in [0, 0.05) is 20.8 Å². The maximum Gasteiger partial charge on any atom is 0.349 e. The van der Waals surface area contributed by atoms with E-state index in [1.54, 1.807) is 0 Å². The van der Waals surface area contributed by atoms with Gasteiger partial charge in [0.05, 0.1) is 7.11 Å². The topological polar surface area (TPSA) is 163 Å². The molecule has 0 aliphatic rings. The van der Waals surface area contributed by atoms with Crippen LogP contribution in [0, 0.1) is 0 Å². The Bertz CT molecular complexity index is 512. The van der Waals surface area contributed by atoms with Gasteiger partial charge in [-0.15, -0.1) is 0 Å². The Hall–Kier alpha value is -2.69. The lowest BCUT2D eigenvalue weighted by atomic mass is 10.0. The second-order valence-corrected chi connectivity index (χ2v) is 4.48. The summed E-state index contributed by atoms with van der Waals surface area (Å²) in [6, 6.07) is 0. The lowest BCUT2D eigenvalue weighted by molar-refractivity contribution is -0.202. The monoisotopic (exact) mass is 350 g/mol. The summed E-state index contributed by atoms with van der Waals surface area (Å²) < 4.78 is 18.2. The van der Waals surface area contributed by atoms with Crippen molar-refractivity contribution in [2.75, 3.05) is 7.11 Å². The Morgan fingerprint density at radius 3 is 1.54 bits per heavy atom. The molecule has 0 heterocycles. The number of hydrogen-bond acceptors (Lipinski definition) is 10. The van der Waals surface area contributed by atoms with Crippen LogP contribution < -0.4 is 0 Å². The van der Waals surface area contributed by atoms with Gasteiger partial charge in [0.1, 0.15) is 0 Å². The average molecular weight is 350 g/mol. The van der Waals surface area contributed by atoms with Gasteiger partial charge in [0.2, 0.25) is 6.10 Å². The summed E-state index contributed by atoms with van der Waals surface area (Å²) in [6.45, 7) is 2.69. The van der Waals surface area contributed by atoms with Gasteiger partial charge in [-0.2, -0.15) is 0 Å². The first-order valence-electron chi connectivity index (χ1n) is 6.51. The number of hydrogen-bond donors (Lipinski definition) is 2. The van der Waals surface area contributed by atoms with Crippen molar-refractivity contribution in [1.29, 1.82) is 0 Å². The van der Waals surface area contributed by atoms with Crippen molar-refractivity contribution in [3.8, 4) is 0 Å². The molecule has 0 aromatic heterocycles. The minimum Gasteiger partial charge on any atom is -0.478 e. The van der Waals surface area contributed by atoms with Crippen LogP contribution in [0.3, 0.4) is 0 Å². The standard InChI is InChI=1S/C13H18O11/c1-5(14)22-9(8(17)13(20)21-4)10(23-6(2)15)11(12(18)19)24-7(3)16/h8-11,17H,1-4H3,(H,18,19)/t8-,9+,10-,11+/m0/s1. The zero-order valence-corrected chi connectivity index (χ0v) is 13.4. The van der Waals surface area contributed by atoms with Crippen LogP contribution in [0.1, 0.15) is 20.8 Å². The average Bonchev–Trinajstić information content (AvgIpc) is 2.45. The van der Waals surface area contributed by atoms with E-state index in [-0.39, 0.29) is 0 Å². The molecule has 0 radical (unpaired) electrons. The van der Waals surface area contributed by atoms with Gasteiger partial charge in [0.25, 0.3) is 0 Å². The number of carbonyl (C=O) groups excluding carboxylic acids is 4. The van der Waals surface area contributed by atoms with Gasteiger partial charge in [0.15, 0.2) is 18.3 Å². The maximum atomic E-state index is 11.5. The molecule has 24 heavy (non-hydrogen) atoms. The smallest absolute Gasteiger partial charge is 0.349 e. The highest BCUT2D eigenvalue weighted by Gasteiger charge is 2.47. The van der Waals surface area contributed by atoms with Crippen molar-refractivity contribution in [1.82, 2.24) is 0 Å². The lowest BCUT2D eigenvalue weighted by Crippen LogP contribution is -2.55. The van der Waals surface area contributed by atoms with Crippen LogP contribution in [-0.4, -0.2) is 71.6 Å². The predicted molar refractivity (Wildman–Crippen MR) is 72.3 cm³/mol. The zero-order valence-electron chi connectivity index (χ0n) is 13.4. The Kier molecular flexibility index (Phi) is 8.39. The molecule has 0 aliphatic carbocycles. The van der Waals surface area contributed by atoms with Crippen molar-refractivity contribution in [2.45, 2.75) is 45.2 Å². The fourth-order valence-electron chi connectivity index (χ4n) is 1.69. The molecule has 0 fully saturated rings. The van der Waals surface area contributed by atoms with E-state index in [0.29, 0.717) is 0 Å². The number of aliphatic carboxylic acids is 1. The summed E-state index contributed by atoms with van der Waals surface area (Å²) in [7, 11) is 0.915. The first-order chi connectivity index (χ1) is 11.0. The highest BCUT2D eigenvalue weighted by Crippen LogP contribution is 2.18. The van der Waals surface area contributed by atoms with E-state index in [2.05, 4.69) is 14.2 Å². The highest BCUT2D eigenvalue weighted by molar-refractivity contribution is 5.80. The maximum absolute atomic E-state index is 11.5. The number of carboxylic acid groups (broad SMARTS) is 1. The molecule has 0 amide bonds. The molecule has 11 heteroatoms. The molecular weight excluding hydrogens is 332 g/mol. The third-order valence-corrected chi connectivity index (χ3v) is 2.52. The van der Waals surface area contributed by atoms with Crippen molar-refractivity contribution < 1.29 is 53.1 Å². The molecule has 11 nitrogen and oxygen atoms in total. The van der Waals surface area contributed by atoms with Gasteiger partial charge in [-0.1, -0.05) is 0 Å². The molecule has 0 saturated heterocycles. The van der Waals surface area contributed by atoms with Gasteiger partial charge in [-0.05, 0) is 0 Å². The molecular formula is C13H18O11. The normalized spacial score (nSPS) is 15.2. The molecule has 4 atom stereocenters. The Morgan fingerprint density at radius 1 is 0.792 bits per heavy atom. The largest absolute Gasteiger partial charge is 0.478 e. The number of carbonyl (C=O) groups is 5. The zero-order chi connectivity index (χ0) is 19.0. The SMILES string of the molecule is COC(=O)[C@@H](O)[C@@H](OC(C)=O)[C@H](OC(C)=O)[C@@H](OC(C)=O)C(=O)O. The van der Waals surface area contributed by atoms with Crippen LogP contribution in [0.2, 0.25) is 0 Å². The summed E-state index contributed by atoms with van der Waals surface area (Å²) in [5.74, 6) is -6.15. The lowest BCUT2D eigenvalue weighted by Gasteiger charge is -2.31. The Balaban J connectivity index is 5.91. The molecule has 0 bridgehead atoms. The predicted octanol–water partition coefficient (Wildman–Crippen LogP) is -1.60. The van der Waals surface area contributed by atoms with Crippen molar-refractivity contribution >= 4 is 29.8 Å². The second kappa shape index (κ2) is 9.45. The van der Waals surface area contributed by atoms with Crippen molar-refractivity contribution in [3.63, 3.8) is 0 Å². The van der Waals surface area contributed by atoms with Crippen molar-refractivity contribution in [3.05, 3.63) is 0 Å². The van der Waals surface area contributed by atoms with Gasteiger partial charge in [-0.25, -0.2) is 9.59 Å². The summed E-state index contributed by atoms with van der Waals surface area (Å²) in [5, 5.41) is 19.1. The van der Waals surface area contributed by atoms with E-state index < -0.39 is 54.3 Å². The molecule has 0 aromatic carbocycles.